The van der Waals surface area contributed by atoms with Crippen LogP contribution >= 0.6 is 0 Å². The summed E-state index contributed by atoms with van der Waals surface area (Å²) in [6.07, 6.45) is 2.71. The molecule has 114 valence electrons. The van der Waals surface area contributed by atoms with Gasteiger partial charge in [-0.25, -0.2) is 0 Å². The van der Waals surface area contributed by atoms with E-state index in [4.69, 9.17) is 0 Å². The third kappa shape index (κ3) is 2.69. The van der Waals surface area contributed by atoms with Crippen LogP contribution in [0.2, 0.25) is 0 Å². The quantitative estimate of drug-likeness (QED) is 0.932. The summed E-state index contributed by atoms with van der Waals surface area (Å²) in [6.45, 7) is 3.57. The third-order valence-corrected chi connectivity index (χ3v) is 5.22. The van der Waals surface area contributed by atoms with Crippen molar-refractivity contribution in [2.45, 2.75) is 24.9 Å². The first-order chi connectivity index (χ1) is 10.9. The van der Waals surface area contributed by atoms with Crippen LogP contribution in [0.4, 0.5) is 0 Å². The molecule has 0 aliphatic carbocycles. The molecule has 0 amide bonds. The second-order valence-electron chi connectivity index (χ2n) is 6.64. The van der Waals surface area contributed by atoms with E-state index in [1.165, 1.54) is 43.6 Å². The van der Waals surface area contributed by atoms with Gasteiger partial charge in [-0.3, -0.25) is 4.90 Å². The Hall–Kier alpha value is -1.64. The molecule has 0 unspecified atom stereocenters. The summed E-state index contributed by atoms with van der Waals surface area (Å²) in [5, 5.41) is 3.73. The average Bonchev–Trinajstić information content (AvgIpc) is 3.00. The van der Waals surface area contributed by atoms with E-state index in [1.54, 1.807) is 0 Å². The Morgan fingerprint density at radius 2 is 1.50 bits per heavy atom. The van der Waals surface area contributed by atoms with E-state index in [0.717, 1.165) is 5.92 Å². The first-order valence-electron chi connectivity index (χ1n) is 8.49. The number of fused-ring (bicyclic) bond motifs is 1. The van der Waals surface area contributed by atoms with Crippen molar-refractivity contribution in [2.24, 2.45) is 5.92 Å². The molecule has 2 heterocycles. The van der Waals surface area contributed by atoms with E-state index < -0.39 is 0 Å². The van der Waals surface area contributed by atoms with E-state index in [9.17, 15) is 0 Å². The van der Waals surface area contributed by atoms with E-state index in [2.05, 4.69) is 70.9 Å². The molecular weight excluding hydrogens is 268 g/mol. The molecule has 2 atom stereocenters. The van der Waals surface area contributed by atoms with Gasteiger partial charge in [0, 0.05) is 19.1 Å². The number of hydrogen-bond acceptors (Lipinski definition) is 2. The van der Waals surface area contributed by atoms with Crippen molar-refractivity contribution in [3.05, 3.63) is 71.8 Å². The van der Waals surface area contributed by atoms with Crippen molar-refractivity contribution in [1.29, 1.82) is 0 Å². The zero-order chi connectivity index (χ0) is 14.8. The van der Waals surface area contributed by atoms with Crippen molar-refractivity contribution in [3.8, 4) is 0 Å². The standard InChI is InChI=1S/C20H24N2/c1-3-8-16(9-4-1)20(17-10-5-2-6-11-17)22-14-18-12-7-13-21-19(18)15-22/h1-6,8-11,18-21H,7,12-15H2/t18-,19+/m0/s1. The van der Waals surface area contributed by atoms with Crippen LogP contribution < -0.4 is 5.32 Å². The Bertz CT molecular complexity index is 542. The molecule has 4 rings (SSSR count). The Balaban J connectivity index is 1.66. The summed E-state index contributed by atoms with van der Waals surface area (Å²) >= 11 is 0. The van der Waals surface area contributed by atoms with Crippen molar-refractivity contribution in [2.75, 3.05) is 19.6 Å². The topological polar surface area (TPSA) is 15.3 Å². The van der Waals surface area contributed by atoms with Gasteiger partial charge in [0.05, 0.1) is 6.04 Å². The molecule has 1 N–H and O–H groups in total. The van der Waals surface area contributed by atoms with Crippen LogP contribution in [-0.2, 0) is 0 Å². The lowest BCUT2D eigenvalue weighted by Gasteiger charge is -2.29. The van der Waals surface area contributed by atoms with Crippen LogP contribution in [0.15, 0.2) is 60.7 Å². The summed E-state index contributed by atoms with van der Waals surface area (Å²) < 4.78 is 0. The monoisotopic (exact) mass is 292 g/mol. The molecule has 2 saturated heterocycles. The van der Waals surface area contributed by atoms with Crippen LogP contribution in [-0.4, -0.2) is 30.6 Å². The van der Waals surface area contributed by atoms with Gasteiger partial charge in [0.1, 0.15) is 0 Å². The van der Waals surface area contributed by atoms with E-state index in [-0.39, 0.29) is 0 Å². The van der Waals surface area contributed by atoms with Crippen molar-refractivity contribution < 1.29 is 0 Å². The van der Waals surface area contributed by atoms with Crippen LogP contribution in [0, 0.1) is 5.92 Å². The minimum absolute atomic E-state index is 0.384. The maximum Gasteiger partial charge on any atom is 0.0602 e. The number of nitrogens with one attached hydrogen (secondary N) is 1. The number of likely N-dealkylation sites (tertiary alicyclic amines) is 1. The largest absolute Gasteiger partial charge is 0.312 e. The van der Waals surface area contributed by atoms with Gasteiger partial charge in [0.15, 0.2) is 0 Å². The number of rotatable bonds is 3. The molecule has 22 heavy (non-hydrogen) atoms. The lowest BCUT2D eigenvalue weighted by atomic mass is 9.94. The molecule has 0 spiro atoms. The highest BCUT2D eigenvalue weighted by molar-refractivity contribution is 5.32. The number of hydrogen-bond donors (Lipinski definition) is 1. The van der Waals surface area contributed by atoms with Gasteiger partial charge in [-0.15, -0.1) is 0 Å². The second kappa shape index (κ2) is 6.23. The van der Waals surface area contributed by atoms with Crippen molar-refractivity contribution >= 4 is 0 Å². The highest BCUT2D eigenvalue weighted by atomic mass is 15.2. The summed E-state index contributed by atoms with van der Waals surface area (Å²) in [6, 6.07) is 23.0. The summed E-state index contributed by atoms with van der Waals surface area (Å²) in [7, 11) is 0. The maximum absolute atomic E-state index is 3.73. The van der Waals surface area contributed by atoms with Crippen molar-refractivity contribution in [1.82, 2.24) is 10.2 Å². The molecule has 0 saturated carbocycles. The molecule has 2 aromatic carbocycles. The minimum atomic E-state index is 0.384. The average molecular weight is 292 g/mol. The first-order valence-corrected chi connectivity index (χ1v) is 8.49. The van der Waals surface area contributed by atoms with Crippen LogP contribution in [0.25, 0.3) is 0 Å². The lowest BCUT2D eigenvalue weighted by molar-refractivity contribution is 0.267. The second-order valence-corrected chi connectivity index (χ2v) is 6.64. The van der Waals surface area contributed by atoms with Gasteiger partial charge in [-0.05, 0) is 36.4 Å². The van der Waals surface area contributed by atoms with E-state index >= 15 is 0 Å². The first kappa shape index (κ1) is 14.0. The zero-order valence-electron chi connectivity index (χ0n) is 13.0. The fraction of sp³-hybridized carbons (Fsp3) is 0.400. The number of benzene rings is 2. The van der Waals surface area contributed by atoms with Gasteiger partial charge in [-0.1, -0.05) is 60.7 Å². The molecule has 2 aliphatic rings. The van der Waals surface area contributed by atoms with Gasteiger partial charge < -0.3 is 5.32 Å². The predicted octanol–water partition coefficient (Wildman–Crippen LogP) is 3.46. The fourth-order valence-corrected chi connectivity index (χ4v) is 4.18. The fourth-order valence-electron chi connectivity index (χ4n) is 4.18. The minimum Gasteiger partial charge on any atom is -0.312 e. The SMILES string of the molecule is c1ccc(C(c2ccccc2)N2C[C@@H]3CCCN[C@@H]3C2)cc1. The van der Waals surface area contributed by atoms with Crippen LogP contribution in [0.1, 0.15) is 30.0 Å². The summed E-state index contributed by atoms with van der Waals surface area (Å²) in [5.74, 6) is 0.823. The number of piperidine rings is 1. The molecule has 2 fully saturated rings. The molecule has 0 radical (unpaired) electrons. The van der Waals surface area contributed by atoms with Gasteiger partial charge in [0.2, 0.25) is 0 Å². The smallest absolute Gasteiger partial charge is 0.0602 e. The van der Waals surface area contributed by atoms with Gasteiger partial charge in [-0.2, -0.15) is 0 Å². The predicted molar refractivity (Wildman–Crippen MR) is 90.8 cm³/mol. The lowest BCUT2D eigenvalue weighted by Crippen LogP contribution is -2.40. The Morgan fingerprint density at radius 3 is 2.09 bits per heavy atom. The molecule has 2 aromatic rings. The highest BCUT2D eigenvalue weighted by Gasteiger charge is 2.37. The highest BCUT2D eigenvalue weighted by Crippen LogP contribution is 2.35. The van der Waals surface area contributed by atoms with Crippen LogP contribution in [0.3, 0.4) is 0 Å². The Morgan fingerprint density at radius 1 is 0.864 bits per heavy atom. The van der Waals surface area contributed by atoms with Crippen LogP contribution in [0.5, 0.6) is 0 Å². The Kier molecular flexibility index (Phi) is 3.96. The zero-order valence-corrected chi connectivity index (χ0v) is 13.0. The summed E-state index contributed by atoms with van der Waals surface area (Å²) in [5.41, 5.74) is 2.82. The van der Waals surface area contributed by atoms with E-state index in [1.807, 2.05) is 0 Å². The van der Waals surface area contributed by atoms with Gasteiger partial charge >= 0.3 is 0 Å². The number of nitrogens with zero attached hydrogens (tertiary/aromatic N) is 1. The molecule has 2 heteroatoms. The third-order valence-electron chi connectivity index (χ3n) is 5.22. The van der Waals surface area contributed by atoms with Gasteiger partial charge in [0.25, 0.3) is 0 Å². The summed E-state index contributed by atoms with van der Waals surface area (Å²) in [4.78, 5) is 2.68. The molecular formula is C20H24N2. The molecule has 2 aliphatic heterocycles. The maximum atomic E-state index is 3.73. The van der Waals surface area contributed by atoms with E-state index in [0.29, 0.717) is 12.1 Å². The molecule has 2 nitrogen and oxygen atoms in total. The van der Waals surface area contributed by atoms with Crippen molar-refractivity contribution in [3.63, 3.8) is 0 Å². The molecule has 0 aromatic heterocycles. The molecule has 0 bridgehead atoms. The normalized spacial score (nSPS) is 25.3. The Labute approximate surface area is 133 Å².